The summed E-state index contributed by atoms with van der Waals surface area (Å²) in [6, 6.07) is 1.06. The third-order valence-electron chi connectivity index (χ3n) is 7.07. The fourth-order valence-electron chi connectivity index (χ4n) is 5.65. The Morgan fingerprint density at radius 2 is 1.94 bits per heavy atom. The number of hydrogen-bond acceptors (Lipinski definition) is 9. The van der Waals surface area contributed by atoms with E-state index in [-0.39, 0.29) is 41.8 Å². The highest BCUT2D eigenvalue weighted by atomic mass is 19.1. The monoisotopic (exact) mass is 461 g/mol. The van der Waals surface area contributed by atoms with Gasteiger partial charge in [-0.15, -0.1) is 0 Å². The van der Waals surface area contributed by atoms with E-state index in [1.54, 1.807) is 0 Å². The van der Waals surface area contributed by atoms with E-state index in [1.807, 2.05) is 0 Å². The van der Waals surface area contributed by atoms with Crippen LogP contribution in [0.15, 0.2) is 23.0 Å². The molecule has 33 heavy (non-hydrogen) atoms. The molecule has 0 spiro atoms. The number of ketones is 2. The molecule has 0 bridgehead atoms. The van der Waals surface area contributed by atoms with Crippen molar-refractivity contribution in [1.82, 2.24) is 5.32 Å². The maximum absolute atomic E-state index is 14.9. The third kappa shape index (κ3) is 2.75. The van der Waals surface area contributed by atoms with Crippen molar-refractivity contribution in [3.8, 4) is 5.75 Å². The molecule has 1 saturated carbocycles. The summed E-state index contributed by atoms with van der Waals surface area (Å²) in [6.45, 7) is -0.110. The zero-order valence-corrected chi connectivity index (χ0v) is 18.0. The predicted molar refractivity (Wildman–Crippen MR) is 114 cm³/mol. The summed E-state index contributed by atoms with van der Waals surface area (Å²) >= 11 is 0. The van der Waals surface area contributed by atoms with E-state index in [0.717, 1.165) is 6.07 Å². The summed E-state index contributed by atoms with van der Waals surface area (Å²) in [7, 11) is 2.95. The van der Waals surface area contributed by atoms with Crippen molar-refractivity contribution in [2.45, 2.75) is 24.9 Å². The van der Waals surface area contributed by atoms with E-state index in [0.29, 0.717) is 0 Å². The fourth-order valence-corrected chi connectivity index (χ4v) is 5.65. The van der Waals surface area contributed by atoms with Crippen molar-refractivity contribution in [3.63, 3.8) is 0 Å². The highest BCUT2D eigenvalue weighted by Crippen LogP contribution is 2.58. The third-order valence-corrected chi connectivity index (χ3v) is 7.07. The van der Waals surface area contributed by atoms with Crippen molar-refractivity contribution < 1.29 is 39.2 Å². The molecule has 1 aromatic carbocycles. The summed E-state index contributed by atoms with van der Waals surface area (Å²) in [5.74, 6) is -7.22. The number of halogens is 1. The number of carbonyl (C=O) groups is 3. The lowest BCUT2D eigenvalue weighted by Gasteiger charge is -2.54. The number of phenolic OH excluding ortho intramolecular Hbond substituents is 1. The zero-order chi connectivity index (χ0) is 24.5. The first-order chi connectivity index (χ1) is 15.4. The van der Waals surface area contributed by atoms with Gasteiger partial charge in [0, 0.05) is 42.6 Å². The average Bonchev–Trinajstić information content (AvgIpc) is 2.73. The predicted octanol–water partition coefficient (Wildman–Crippen LogP) is 0.194. The Labute approximate surface area is 187 Å². The van der Waals surface area contributed by atoms with Crippen LogP contribution < -0.4 is 16.4 Å². The lowest BCUT2D eigenvalue weighted by molar-refractivity contribution is -0.163. The van der Waals surface area contributed by atoms with E-state index in [2.05, 4.69) is 10.6 Å². The van der Waals surface area contributed by atoms with Gasteiger partial charge >= 0.3 is 0 Å². The number of hydrogen-bond donors (Lipinski definition) is 7. The molecule has 8 N–H and O–H groups in total. The first-order valence-electron chi connectivity index (χ1n) is 10.3. The molecular weight excluding hydrogens is 437 g/mol. The van der Waals surface area contributed by atoms with Crippen molar-refractivity contribution in [3.05, 3.63) is 39.9 Å². The summed E-state index contributed by atoms with van der Waals surface area (Å²) in [6.07, 6.45) is -0.695. The molecular formula is C22H24FN3O7. The maximum atomic E-state index is 14.9. The standard InChI is InChI=1S/C22H24FN3O7/c1-25-7-21-5-8-3-9-10(23)4-11(26-2)16(28)14(9)17(29)13(8)18(30)22(21,33)19(31)15(20(24)32)12(27)6-21/h4,8,25-26,28-29,31,33H,3,5-7H2,1-2H3,(H2,24,32)/t8?,21-,22-/m0/s1. The topological polar surface area (TPSA) is 182 Å². The van der Waals surface area contributed by atoms with Gasteiger partial charge in [0.2, 0.25) is 5.78 Å². The normalized spacial score (nSPS) is 28.9. The van der Waals surface area contributed by atoms with Gasteiger partial charge in [0.15, 0.2) is 11.4 Å². The van der Waals surface area contributed by atoms with Crippen LogP contribution in [-0.4, -0.2) is 64.1 Å². The first kappa shape index (κ1) is 22.7. The average molecular weight is 461 g/mol. The summed E-state index contributed by atoms with van der Waals surface area (Å²) in [5, 5.41) is 49.4. The van der Waals surface area contributed by atoms with Crippen molar-refractivity contribution in [2.75, 3.05) is 26.0 Å². The summed E-state index contributed by atoms with van der Waals surface area (Å²) in [4.78, 5) is 38.2. The number of primary amides is 1. The molecule has 1 fully saturated rings. The molecule has 3 aliphatic carbocycles. The molecule has 0 heterocycles. The van der Waals surface area contributed by atoms with Gasteiger partial charge in [0.1, 0.15) is 28.7 Å². The molecule has 10 nitrogen and oxygen atoms in total. The van der Waals surface area contributed by atoms with Gasteiger partial charge in [0.05, 0.1) is 11.3 Å². The van der Waals surface area contributed by atoms with E-state index < -0.39 is 69.5 Å². The van der Waals surface area contributed by atoms with Crippen LogP contribution >= 0.6 is 0 Å². The number of Topliss-reactive ketones (excluding diaryl/α,β-unsaturated/α-hetero) is 2. The van der Waals surface area contributed by atoms with Crippen LogP contribution in [0.25, 0.3) is 5.76 Å². The maximum Gasteiger partial charge on any atom is 0.255 e. The Kier molecular flexibility index (Phi) is 5.02. The lowest BCUT2D eigenvalue weighted by Crippen LogP contribution is -2.67. The quantitative estimate of drug-likeness (QED) is 0.243. The Hall–Kier alpha value is -3.44. The van der Waals surface area contributed by atoms with Crippen LogP contribution in [0, 0.1) is 17.2 Å². The number of aliphatic hydroxyl groups is 3. The minimum absolute atomic E-state index is 0.0182. The number of anilines is 1. The summed E-state index contributed by atoms with van der Waals surface area (Å²) in [5.41, 5.74) is -0.659. The minimum Gasteiger partial charge on any atom is -0.508 e. The second kappa shape index (κ2) is 7.29. The molecule has 0 saturated heterocycles. The van der Waals surface area contributed by atoms with Gasteiger partial charge < -0.3 is 36.8 Å². The number of carbonyl (C=O) groups excluding carboxylic acids is 3. The number of phenols is 1. The molecule has 0 aromatic heterocycles. The van der Waals surface area contributed by atoms with Crippen molar-refractivity contribution in [2.24, 2.45) is 17.1 Å². The number of fused-ring (bicyclic) bond motifs is 3. The largest absolute Gasteiger partial charge is 0.508 e. The molecule has 3 atom stereocenters. The van der Waals surface area contributed by atoms with E-state index >= 15 is 0 Å². The molecule has 4 rings (SSSR count). The smallest absolute Gasteiger partial charge is 0.255 e. The van der Waals surface area contributed by atoms with Crippen LogP contribution in [0.5, 0.6) is 5.75 Å². The number of amides is 1. The van der Waals surface area contributed by atoms with Gasteiger partial charge in [-0.3, -0.25) is 14.4 Å². The molecule has 0 radical (unpaired) electrons. The van der Waals surface area contributed by atoms with Crippen LogP contribution in [0.4, 0.5) is 10.1 Å². The highest BCUT2D eigenvalue weighted by molar-refractivity contribution is 6.23. The van der Waals surface area contributed by atoms with Crippen LogP contribution in [-0.2, 0) is 20.8 Å². The van der Waals surface area contributed by atoms with Gasteiger partial charge in [-0.05, 0) is 25.8 Å². The molecule has 1 amide bonds. The number of aromatic hydroxyl groups is 1. The minimum atomic E-state index is -2.75. The lowest BCUT2D eigenvalue weighted by atomic mass is 9.51. The van der Waals surface area contributed by atoms with Crippen LogP contribution in [0.3, 0.4) is 0 Å². The number of nitrogens with one attached hydrogen (secondary N) is 2. The Morgan fingerprint density at radius 1 is 1.27 bits per heavy atom. The number of benzene rings is 1. The van der Waals surface area contributed by atoms with Gasteiger partial charge in [-0.25, -0.2) is 4.39 Å². The Morgan fingerprint density at radius 3 is 2.52 bits per heavy atom. The number of nitrogens with two attached hydrogens (primary N) is 1. The second-order valence-electron chi connectivity index (χ2n) is 8.76. The highest BCUT2D eigenvalue weighted by Gasteiger charge is 2.68. The molecule has 1 aromatic rings. The van der Waals surface area contributed by atoms with E-state index in [4.69, 9.17) is 5.73 Å². The molecule has 176 valence electrons. The van der Waals surface area contributed by atoms with Crippen LogP contribution in [0.2, 0.25) is 0 Å². The number of rotatable bonds is 4. The molecule has 1 unspecified atom stereocenters. The Bertz CT molecular complexity index is 1190. The van der Waals surface area contributed by atoms with Crippen LogP contribution in [0.1, 0.15) is 24.0 Å². The van der Waals surface area contributed by atoms with Crippen molar-refractivity contribution >= 4 is 28.9 Å². The van der Waals surface area contributed by atoms with Crippen molar-refractivity contribution in [1.29, 1.82) is 0 Å². The summed E-state index contributed by atoms with van der Waals surface area (Å²) < 4.78 is 14.9. The fraction of sp³-hybridized carbons (Fsp3) is 0.409. The van der Waals surface area contributed by atoms with E-state index in [9.17, 15) is 39.2 Å². The molecule has 3 aliphatic rings. The van der Waals surface area contributed by atoms with Gasteiger partial charge in [-0.2, -0.15) is 0 Å². The SMILES string of the molecule is CNC[C@]12CC(=O)C(C(N)=O)=C(O)[C@@]1(O)C(=O)C1=C(O)c3c(O)c(NC)cc(F)c3CC1C2. The van der Waals surface area contributed by atoms with Gasteiger partial charge in [-0.1, -0.05) is 0 Å². The zero-order valence-electron chi connectivity index (χ0n) is 18.0. The first-order valence-corrected chi connectivity index (χ1v) is 10.3. The van der Waals surface area contributed by atoms with Gasteiger partial charge in [0.25, 0.3) is 5.91 Å². The Balaban J connectivity index is 2.02. The number of aliphatic hydroxyl groups excluding tert-OH is 2. The van der Waals surface area contributed by atoms with E-state index in [1.165, 1.54) is 14.1 Å². The molecule has 0 aliphatic heterocycles. The second-order valence-corrected chi connectivity index (χ2v) is 8.76. The molecule has 11 heteroatoms.